The topological polar surface area (TPSA) is 92.3 Å². The smallest absolute Gasteiger partial charge is 0.257 e. The monoisotopic (exact) mass is 380 g/mol. The number of hydrogen-bond acceptors (Lipinski definition) is 6. The fourth-order valence-corrected chi connectivity index (χ4v) is 5.13. The largest absolute Gasteiger partial charge is 0.296 e. The van der Waals surface area contributed by atoms with Crippen molar-refractivity contribution < 1.29 is 13.2 Å². The second-order valence-electron chi connectivity index (χ2n) is 6.03. The normalized spacial score (nSPS) is 15.9. The molecule has 2 heterocycles. The molecule has 0 atom stereocenters. The molecule has 1 fully saturated rings. The van der Waals surface area contributed by atoms with Crippen LogP contribution in [0.4, 0.5) is 5.13 Å². The van der Waals surface area contributed by atoms with Crippen molar-refractivity contribution >= 4 is 32.4 Å². The van der Waals surface area contributed by atoms with E-state index in [9.17, 15) is 13.2 Å². The average molecular weight is 380 g/mol. The van der Waals surface area contributed by atoms with E-state index in [0.29, 0.717) is 23.8 Å². The minimum absolute atomic E-state index is 0.190. The number of sulfonamides is 1. The first-order chi connectivity index (χ1) is 11.9. The number of piperidine rings is 1. The predicted octanol–water partition coefficient (Wildman–Crippen LogP) is 2.58. The van der Waals surface area contributed by atoms with Crippen molar-refractivity contribution in [2.75, 3.05) is 18.4 Å². The summed E-state index contributed by atoms with van der Waals surface area (Å²) in [6.07, 6.45) is 2.79. The lowest BCUT2D eigenvalue weighted by Crippen LogP contribution is -2.36. The summed E-state index contributed by atoms with van der Waals surface area (Å²) in [6, 6.07) is 4.73. The van der Waals surface area contributed by atoms with Gasteiger partial charge in [-0.1, -0.05) is 23.8 Å². The molecule has 1 aliphatic heterocycles. The van der Waals surface area contributed by atoms with Crippen molar-refractivity contribution in [2.24, 2.45) is 0 Å². The Balaban J connectivity index is 1.88. The minimum atomic E-state index is -3.59. The zero-order valence-corrected chi connectivity index (χ0v) is 15.8. The maximum absolute atomic E-state index is 12.9. The van der Waals surface area contributed by atoms with E-state index in [1.165, 1.54) is 21.7 Å². The third kappa shape index (κ3) is 3.88. The SMILES string of the molecule is Cc1nnc(NC(=O)c2ccc(C)c(S(=O)(=O)N3CCCCC3)c2)s1. The van der Waals surface area contributed by atoms with E-state index in [1.807, 2.05) is 0 Å². The van der Waals surface area contributed by atoms with Crippen molar-refractivity contribution in [3.05, 3.63) is 34.3 Å². The van der Waals surface area contributed by atoms with E-state index in [-0.39, 0.29) is 10.5 Å². The molecule has 1 saturated heterocycles. The second kappa shape index (κ2) is 7.19. The summed E-state index contributed by atoms with van der Waals surface area (Å²) >= 11 is 1.27. The molecular formula is C16H20N4O3S2. The Hall–Kier alpha value is -1.84. The van der Waals surface area contributed by atoms with Crippen LogP contribution in [0.15, 0.2) is 23.1 Å². The number of hydrogen-bond donors (Lipinski definition) is 1. The van der Waals surface area contributed by atoms with Crippen LogP contribution in [0.1, 0.15) is 40.2 Å². The maximum atomic E-state index is 12.9. The molecular weight excluding hydrogens is 360 g/mol. The highest BCUT2D eigenvalue weighted by Gasteiger charge is 2.28. The maximum Gasteiger partial charge on any atom is 0.257 e. The van der Waals surface area contributed by atoms with Gasteiger partial charge in [0, 0.05) is 18.7 Å². The summed E-state index contributed by atoms with van der Waals surface area (Å²) in [5.41, 5.74) is 0.919. The molecule has 9 heteroatoms. The molecule has 2 aromatic rings. The molecule has 134 valence electrons. The average Bonchev–Trinajstić information content (AvgIpc) is 3.00. The second-order valence-corrected chi connectivity index (χ2v) is 9.11. The fourth-order valence-electron chi connectivity index (χ4n) is 2.78. The highest BCUT2D eigenvalue weighted by atomic mass is 32.2. The molecule has 1 aliphatic rings. The molecule has 1 N–H and O–H groups in total. The van der Waals surface area contributed by atoms with Crippen molar-refractivity contribution in [3.63, 3.8) is 0 Å². The van der Waals surface area contributed by atoms with E-state index in [4.69, 9.17) is 0 Å². The number of aryl methyl sites for hydroxylation is 2. The van der Waals surface area contributed by atoms with Crippen LogP contribution in [0, 0.1) is 13.8 Å². The van der Waals surface area contributed by atoms with Gasteiger partial charge in [-0.25, -0.2) is 8.42 Å². The first-order valence-electron chi connectivity index (χ1n) is 8.10. The van der Waals surface area contributed by atoms with Gasteiger partial charge >= 0.3 is 0 Å². The lowest BCUT2D eigenvalue weighted by atomic mass is 10.1. The Morgan fingerprint density at radius 1 is 1.16 bits per heavy atom. The number of nitrogens with one attached hydrogen (secondary N) is 1. The minimum Gasteiger partial charge on any atom is -0.296 e. The molecule has 0 spiro atoms. The van der Waals surface area contributed by atoms with Gasteiger partial charge in [-0.2, -0.15) is 4.31 Å². The van der Waals surface area contributed by atoms with Crippen molar-refractivity contribution in [1.82, 2.24) is 14.5 Å². The third-order valence-electron chi connectivity index (χ3n) is 4.13. The summed E-state index contributed by atoms with van der Waals surface area (Å²) in [5, 5.41) is 11.5. The highest BCUT2D eigenvalue weighted by molar-refractivity contribution is 7.89. The van der Waals surface area contributed by atoms with Crippen LogP contribution in [0.3, 0.4) is 0 Å². The van der Waals surface area contributed by atoms with Crippen molar-refractivity contribution in [3.8, 4) is 0 Å². The Labute approximate surface area is 151 Å². The van der Waals surface area contributed by atoms with E-state index < -0.39 is 15.9 Å². The van der Waals surface area contributed by atoms with Gasteiger partial charge in [0.05, 0.1) is 4.90 Å². The van der Waals surface area contributed by atoms with Gasteiger partial charge in [-0.05, 0) is 44.4 Å². The number of nitrogens with zero attached hydrogens (tertiary/aromatic N) is 3. The molecule has 0 unspecified atom stereocenters. The first kappa shape index (κ1) is 18.0. The molecule has 7 nitrogen and oxygen atoms in total. The first-order valence-corrected chi connectivity index (χ1v) is 10.4. The standard InChI is InChI=1S/C16H20N4O3S2/c1-11-6-7-13(15(21)17-16-19-18-12(2)24-16)10-14(11)25(22,23)20-8-4-3-5-9-20/h6-7,10H,3-5,8-9H2,1-2H3,(H,17,19,21). The van der Waals surface area contributed by atoms with Crippen LogP contribution in [0.5, 0.6) is 0 Å². The molecule has 0 bridgehead atoms. The summed E-state index contributed by atoms with van der Waals surface area (Å²) < 4.78 is 27.3. The van der Waals surface area contributed by atoms with E-state index in [2.05, 4.69) is 15.5 Å². The number of carbonyl (C=O) groups is 1. The Kier molecular flexibility index (Phi) is 5.16. The number of carbonyl (C=O) groups excluding carboxylic acids is 1. The molecule has 0 aliphatic carbocycles. The van der Waals surface area contributed by atoms with Gasteiger partial charge < -0.3 is 0 Å². The molecule has 3 rings (SSSR count). The summed E-state index contributed by atoms with van der Waals surface area (Å²) in [5.74, 6) is -0.397. The lowest BCUT2D eigenvalue weighted by molar-refractivity contribution is 0.102. The number of anilines is 1. The van der Waals surface area contributed by atoms with Crippen molar-refractivity contribution in [2.45, 2.75) is 38.0 Å². The fraction of sp³-hybridized carbons (Fsp3) is 0.438. The molecule has 0 saturated carbocycles. The van der Waals surface area contributed by atoms with Gasteiger partial charge in [-0.3, -0.25) is 10.1 Å². The molecule has 1 amide bonds. The van der Waals surface area contributed by atoms with Gasteiger partial charge in [0.2, 0.25) is 15.2 Å². The van der Waals surface area contributed by atoms with Crippen LogP contribution in [-0.2, 0) is 10.0 Å². The van der Waals surface area contributed by atoms with Crippen molar-refractivity contribution in [1.29, 1.82) is 0 Å². The number of rotatable bonds is 4. The predicted molar refractivity (Wildman–Crippen MR) is 96.4 cm³/mol. The number of aromatic nitrogens is 2. The van der Waals surface area contributed by atoms with E-state index in [0.717, 1.165) is 24.3 Å². The summed E-state index contributed by atoms with van der Waals surface area (Å²) in [7, 11) is -3.59. The van der Waals surface area contributed by atoms with Crippen LogP contribution >= 0.6 is 11.3 Å². The quantitative estimate of drug-likeness (QED) is 0.880. The zero-order valence-electron chi connectivity index (χ0n) is 14.2. The van der Waals surface area contributed by atoms with Gasteiger partial charge in [0.15, 0.2) is 0 Å². The van der Waals surface area contributed by atoms with Gasteiger partial charge in [-0.15, -0.1) is 10.2 Å². The highest BCUT2D eigenvalue weighted by Crippen LogP contribution is 2.25. The van der Waals surface area contributed by atoms with Crippen LogP contribution in [0.2, 0.25) is 0 Å². The number of benzene rings is 1. The third-order valence-corrected chi connectivity index (χ3v) is 6.92. The lowest BCUT2D eigenvalue weighted by Gasteiger charge is -2.26. The van der Waals surface area contributed by atoms with Gasteiger partial charge in [0.25, 0.3) is 5.91 Å². The van der Waals surface area contributed by atoms with E-state index >= 15 is 0 Å². The van der Waals surface area contributed by atoms with Crippen LogP contribution in [0.25, 0.3) is 0 Å². The Morgan fingerprint density at radius 3 is 2.52 bits per heavy atom. The molecule has 1 aromatic carbocycles. The summed E-state index contributed by atoms with van der Waals surface area (Å²) in [4.78, 5) is 12.6. The molecule has 1 aromatic heterocycles. The molecule has 0 radical (unpaired) electrons. The molecule has 25 heavy (non-hydrogen) atoms. The van der Waals surface area contributed by atoms with Gasteiger partial charge in [0.1, 0.15) is 5.01 Å². The Morgan fingerprint density at radius 2 is 1.88 bits per heavy atom. The van der Waals surface area contributed by atoms with E-state index in [1.54, 1.807) is 26.0 Å². The van der Waals surface area contributed by atoms with Crippen LogP contribution in [-0.4, -0.2) is 41.9 Å². The number of amides is 1. The van der Waals surface area contributed by atoms with Crippen LogP contribution < -0.4 is 5.32 Å². The zero-order chi connectivity index (χ0) is 18.0. The summed E-state index contributed by atoms with van der Waals surface area (Å²) in [6.45, 7) is 4.60. The Bertz CT molecular complexity index is 887.